The number of hydrogen-bond donors (Lipinski definition) is 4. The number of ether oxygens (including phenoxy) is 1. The predicted octanol–water partition coefficient (Wildman–Crippen LogP) is -2.54. The SMILES string of the molecule is CC(=O)C(O)[C@H]1O[CH][C@@](O)(C(C)=O)[C@](O)(C(C)=O)[C@]1(O)C(C)=O. The van der Waals surface area contributed by atoms with Crippen LogP contribution in [0.1, 0.15) is 27.7 Å². The number of rotatable bonds is 5. The van der Waals surface area contributed by atoms with Crippen LogP contribution in [0.5, 0.6) is 0 Å². The molecule has 9 heteroatoms. The Kier molecular flexibility index (Phi) is 4.96. The fraction of sp³-hybridized carbons (Fsp3) is 0.643. The lowest BCUT2D eigenvalue weighted by Gasteiger charge is -2.55. The number of hydrogen-bond acceptors (Lipinski definition) is 9. The van der Waals surface area contributed by atoms with Crippen LogP contribution in [0.15, 0.2) is 0 Å². The molecule has 1 aliphatic heterocycles. The number of aliphatic hydroxyl groups is 4. The molecular formula is C14H19O9. The topological polar surface area (TPSA) is 158 Å². The van der Waals surface area contributed by atoms with Crippen molar-refractivity contribution in [3.05, 3.63) is 6.61 Å². The van der Waals surface area contributed by atoms with Gasteiger partial charge in [-0.3, -0.25) is 19.2 Å². The minimum atomic E-state index is -3.35. The van der Waals surface area contributed by atoms with E-state index in [9.17, 15) is 39.6 Å². The number of Topliss-reactive ketones (excluding diaryl/α,β-unsaturated/α-hetero) is 4. The standard InChI is InChI=1S/C14H19O9/c1-6(15)10(19)11-13(21,8(3)17)14(22,9(4)18)12(20,5-23-11)7(2)16/h5,10-11,19-22H,1-4H3/t10?,11-,12-,13+,14-/m1/s1. The maximum absolute atomic E-state index is 12.0. The van der Waals surface area contributed by atoms with Gasteiger partial charge in [0.05, 0.1) is 0 Å². The van der Waals surface area contributed by atoms with Gasteiger partial charge in [0.15, 0.2) is 39.9 Å². The van der Waals surface area contributed by atoms with E-state index in [0.29, 0.717) is 6.61 Å². The van der Waals surface area contributed by atoms with Gasteiger partial charge in [0.2, 0.25) is 0 Å². The molecule has 0 amide bonds. The van der Waals surface area contributed by atoms with E-state index in [2.05, 4.69) is 0 Å². The Morgan fingerprint density at radius 2 is 1.43 bits per heavy atom. The minimum Gasteiger partial charge on any atom is -0.382 e. The first-order valence-electron chi connectivity index (χ1n) is 6.67. The van der Waals surface area contributed by atoms with Gasteiger partial charge in [-0.2, -0.15) is 0 Å². The third kappa shape index (κ3) is 2.36. The van der Waals surface area contributed by atoms with Crippen LogP contribution >= 0.6 is 0 Å². The van der Waals surface area contributed by atoms with Gasteiger partial charge in [-0.1, -0.05) is 0 Å². The zero-order chi connectivity index (χ0) is 18.4. The van der Waals surface area contributed by atoms with Gasteiger partial charge in [-0.05, 0) is 27.7 Å². The summed E-state index contributed by atoms with van der Waals surface area (Å²) in [5, 5.41) is 41.7. The van der Waals surface area contributed by atoms with Crippen molar-refractivity contribution in [2.45, 2.75) is 56.7 Å². The van der Waals surface area contributed by atoms with E-state index in [1.165, 1.54) is 0 Å². The summed E-state index contributed by atoms with van der Waals surface area (Å²) < 4.78 is 4.85. The summed E-state index contributed by atoms with van der Waals surface area (Å²) in [6.07, 6.45) is -4.19. The van der Waals surface area contributed by atoms with E-state index in [-0.39, 0.29) is 0 Å². The van der Waals surface area contributed by atoms with Crippen LogP contribution in [-0.2, 0) is 23.9 Å². The largest absolute Gasteiger partial charge is 0.382 e. The van der Waals surface area contributed by atoms with E-state index in [4.69, 9.17) is 4.74 Å². The van der Waals surface area contributed by atoms with Gasteiger partial charge in [-0.25, -0.2) is 0 Å². The van der Waals surface area contributed by atoms with Crippen molar-refractivity contribution in [3.8, 4) is 0 Å². The molecule has 0 spiro atoms. The van der Waals surface area contributed by atoms with Crippen LogP contribution in [-0.4, -0.2) is 72.6 Å². The molecular weight excluding hydrogens is 312 g/mol. The Balaban J connectivity index is 3.74. The average molecular weight is 331 g/mol. The van der Waals surface area contributed by atoms with Crippen molar-refractivity contribution in [3.63, 3.8) is 0 Å². The molecule has 1 saturated heterocycles. The monoisotopic (exact) mass is 331 g/mol. The van der Waals surface area contributed by atoms with E-state index in [0.717, 1.165) is 27.7 Å². The normalized spacial score (nSPS) is 38.7. The molecule has 0 aliphatic carbocycles. The molecule has 1 heterocycles. The average Bonchev–Trinajstić information content (AvgIpc) is 2.43. The first-order valence-corrected chi connectivity index (χ1v) is 6.67. The van der Waals surface area contributed by atoms with Crippen molar-refractivity contribution in [2.75, 3.05) is 0 Å². The molecule has 0 aromatic heterocycles. The molecule has 0 bridgehead atoms. The van der Waals surface area contributed by atoms with Crippen LogP contribution in [0, 0.1) is 6.61 Å². The highest BCUT2D eigenvalue weighted by Crippen LogP contribution is 2.46. The maximum atomic E-state index is 12.0. The maximum Gasteiger partial charge on any atom is 0.199 e. The second kappa shape index (κ2) is 5.84. The smallest absolute Gasteiger partial charge is 0.199 e. The molecule has 0 saturated carbocycles. The molecule has 1 aliphatic rings. The van der Waals surface area contributed by atoms with E-state index >= 15 is 0 Å². The molecule has 23 heavy (non-hydrogen) atoms. The van der Waals surface area contributed by atoms with E-state index in [1.54, 1.807) is 0 Å². The fourth-order valence-electron chi connectivity index (χ4n) is 2.70. The third-order valence-electron chi connectivity index (χ3n) is 4.19. The Morgan fingerprint density at radius 3 is 1.74 bits per heavy atom. The summed E-state index contributed by atoms with van der Waals surface area (Å²) in [5.74, 6) is -4.73. The molecule has 5 atom stereocenters. The van der Waals surface area contributed by atoms with Gasteiger partial charge >= 0.3 is 0 Å². The fourth-order valence-corrected chi connectivity index (χ4v) is 2.70. The van der Waals surface area contributed by atoms with Crippen LogP contribution < -0.4 is 0 Å². The highest BCUT2D eigenvalue weighted by molar-refractivity contribution is 6.06. The lowest BCUT2D eigenvalue weighted by atomic mass is 9.61. The van der Waals surface area contributed by atoms with Gasteiger partial charge in [-0.15, -0.1) is 0 Å². The van der Waals surface area contributed by atoms with Crippen molar-refractivity contribution in [2.24, 2.45) is 0 Å². The van der Waals surface area contributed by atoms with Crippen molar-refractivity contribution in [1.29, 1.82) is 0 Å². The van der Waals surface area contributed by atoms with Gasteiger partial charge in [0.1, 0.15) is 18.8 Å². The summed E-state index contributed by atoms with van der Waals surface area (Å²) in [6, 6.07) is 0. The molecule has 1 radical (unpaired) electrons. The molecule has 1 fully saturated rings. The molecule has 0 aromatic carbocycles. The molecule has 1 rings (SSSR count). The zero-order valence-corrected chi connectivity index (χ0v) is 13.1. The quantitative estimate of drug-likeness (QED) is 0.425. The zero-order valence-electron chi connectivity index (χ0n) is 13.1. The summed E-state index contributed by atoms with van der Waals surface area (Å²) in [4.78, 5) is 47.1. The predicted molar refractivity (Wildman–Crippen MR) is 72.8 cm³/mol. The molecule has 0 aromatic rings. The highest BCUT2D eigenvalue weighted by Gasteiger charge is 2.76. The molecule has 4 N–H and O–H groups in total. The third-order valence-corrected chi connectivity index (χ3v) is 4.19. The first kappa shape index (κ1) is 19.5. The molecule has 1 unspecified atom stereocenters. The first-order chi connectivity index (χ1) is 10.3. The van der Waals surface area contributed by atoms with Gasteiger partial charge < -0.3 is 25.2 Å². The van der Waals surface area contributed by atoms with Crippen LogP contribution in [0.25, 0.3) is 0 Å². The van der Waals surface area contributed by atoms with Crippen LogP contribution in [0.2, 0.25) is 0 Å². The van der Waals surface area contributed by atoms with Gasteiger partial charge in [0.25, 0.3) is 0 Å². The molecule has 129 valence electrons. The number of carbonyl (C=O) groups excluding carboxylic acids is 4. The Morgan fingerprint density at radius 1 is 0.957 bits per heavy atom. The number of carbonyl (C=O) groups is 4. The second-order valence-electron chi connectivity index (χ2n) is 5.64. The van der Waals surface area contributed by atoms with Gasteiger partial charge in [0, 0.05) is 0 Å². The number of aliphatic hydroxyl groups excluding tert-OH is 1. The van der Waals surface area contributed by atoms with E-state index < -0.39 is 52.1 Å². The van der Waals surface area contributed by atoms with Crippen LogP contribution in [0.3, 0.4) is 0 Å². The van der Waals surface area contributed by atoms with E-state index in [1.807, 2.05) is 0 Å². The summed E-state index contributed by atoms with van der Waals surface area (Å²) >= 11 is 0. The lowest BCUT2D eigenvalue weighted by Crippen LogP contribution is -2.83. The minimum absolute atomic E-state index is 0.338. The van der Waals surface area contributed by atoms with Crippen molar-refractivity contribution < 1.29 is 44.3 Å². The lowest BCUT2D eigenvalue weighted by molar-refractivity contribution is -0.287. The Labute approximate surface area is 131 Å². The Bertz CT molecular complexity index is 571. The highest BCUT2D eigenvalue weighted by atomic mass is 16.6. The number of ketones is 4. The summed E-state index contributed by atoms with van der Waals surface area (Å²) in [7, 11) is 0. The Hall–Kier alpha value is -1.52. The van der Waals surface area contributed by atoms with Crippen molar-refractivity contribution >= 4 is 23.1 Å². The second-order valence-corrected chi connectivity index (χ2v) is 5.64. The van der Waals surface area contributed by atoms with Crippen molar-refractivity contribution in [1.82, 2.24) is 0 Å². The molecule has 9 nitrogen and oxygen atoms in total. The summed E-state index contributed by atoms with van der Waals surface area (Å²) in [5.41, 5.74) is -9.64. The van der Waals surface area contributed by atoms with Crippen LogP contribution in [0.4, 0.5) is 0 Å². The summed E-state index contributed by atoms with van der Waals surface area (Å²) in [6.45, 7) is 3.55.